The first-order valence-electron chi connectivity index (χ1n) is 4.64. The molecule has 0 spiro atoms. The van der Waals surface area contributed by atoms with Gasteiger partial charge in [-0.15, -0.1) is 0 Å². The number of Topliss-reactive ketones (excluding diaryl/α,β-unsaturated/α-hetero) is 1. The van der Waals surface area contributed by atoms with Gasteiger partial charge in [0.1, 0.15) is 0 Å². The van der Waals surface area contributed by atoms with E-state index in [-0.39, 0.29) is 17.7 Å². The maximum atomic E-state index is 12.0. The predicted octanol–water partition coefficient (Wildman–Crippen LogP) is 1.17. The molecule has 1 N–H and O–H groups in total. The third-order valence-corrected chi connectivity index (χ3v) is 3.28. The molecule has 2 unspecified atom stereocenters. The Bertz CT molecular complexity index is 310. The lowest BCUT2D eigenvalue weighted by molar-refractivity contribution is 0.0893. The van der Waals surface area contributed by atoms with Crippen molar-refractivity contribution in [1.29, 1.82) is 0 Å². The van der Waals surface area contributed by atoms with Crippen LogP contribution in [-0.2, 0) is 4.74 Å². The van der Waals surface area contributed by atoms with E-state index in [1.807, 2.05) is 23.9 Å². The molecule has 2 heterocycles. The Labute approximate surface area is 87.1 Å². The Morgan fingerprint density at radius 2 is 2.50 bits per heavy atom. The molecule has 3 nitrogen and oxygen atoms in total. The van der Waals surface area contributed by atoms with Crippen LogP contribution < -0.4 is 5.32 Å². The molecule has 0 aliphatic carbocycles. The molecule has 0 radical (unpaired) electrons. The molecule has 0 amide bonds. The zero-order valence-electron chi connectivity index (χ0n) is 8.03. The van der Waals surface area contributed by atoms with Gasteiger partial charge < -0.3 is 10.1 Å². The highest BCUT2D eigenvalue weighted by Crippen LogP contribution is 2.20. The number of hydrogen-bond donors (Lipinski definition) is 1. The molecule has 2 rings (SSSR count). The van der Waals surface area contributed by atoms with Crippen molar-refractivity contribution in [2.24, 2.45) is 5.92 Å². The van der Waals surface area contributed by atoms with Crippen LogP contribution in [0.2, 0.25) is 0 Å². The molecule has 4 heteroatoms. The smallest absolute Gasteiger partial charge is 0.170 e. The molecular formula is C10H13NO2S. The van der Waals surface area contributed by atoms with Crippen molar-refractivity contribution in [3.05, 3.63) is 22.4 Å². The Morgan fingerprint density at radius 1 is 1.64 bits per heavy atom. The Hall–Kier alpha value is -0.710. The van der Waals surface area contributed by atoms with Crippen molar-refractivity contribution in [3.8, 4) is 0 Å². The van der Waals surface area contributed by atoms with Crippen molar-refractivity contribution < 1.29 is 9.53 Å². The second-order valence-corrected chi connectivity index (χ2v) is 4.20. The topological polar surface area (TPSA) is 38.3 Å². The summed E-state index contributed by atoms with van der Waals surface area (Å²) in [5.41, 5.74) is 0.811. The maximum absolute atomic E-state index is 12.0. The molecule has 2 atom stereocenters. The van der Waals surface area contributed by atoms with Crippen LogP contribution >= 0.6 is 11.3 Å². The first kappa shape index (κ1) is 9.83. The minimum Gasteiger partial charge on any atom is -0.379 e. The van der Waals surface area contributed by atoms with E-state index >= 15 is 0 Å². The largest absolute Gasteiger partial charge is 0.379 e. The Kier molecular flexibility index (Phi) is 2.96. The van der Waals surface area contributed by atoms with E-state index in [1.165, 1.54) is 0 Å². The van der Waals surface area contributed by atoms with Gasteiger partial charge >= 0.3 is 0 Å². The lowest BCUT2D eigenvalue weighted by atomic mass is 9.95. The average molecular weight is 211 g/mol. The van der Waals surface area contributed by atoms with Gasteiger partial charge in [-0.25, -0.2) is 0 Å². The number of likely N-dealkylation sites (N-methyl/N-ethyl adjacent to an activating group) is 1. The summed E-state index contributed by atoms with van der Waals surface area (Å²) < 4.78 is 5.30. The molecule has 1 saturated heterocycles. The van der Waals surface area contributed by atoms with Crippen LogP contribution in [0.1, 0.15) is 10.4 Å². The summed E-state index contributed by atoms with van der Waals surface area (Å²) >= 11 is 1.55. The van der Waals surface area contributed by atoms with E-state index in [1.54, 1.807) is 11.3 Å². The summed E-state index contributed by atoms with van der Waals surface area (Å²) in [5, 5.41) is 6.94. The number of rotatable bonds is 3. The number of thiophene rings is 1. The second-order valence-electron chi connectivity index (χ2n) is 3.42. The van der Waals surface area contributed by atoms with E-state index in [0.717, 1.165) is 5.56 Å². The summed E-state index contributed by atoms with van der Waals surface area (Å²) in [5.74, 6) is 0.178. The monoisotopic (exact) mass is 211 g/mol. The van der Waals surface area contributed by atoms with Gasteiger partial charge in [-0.3, -0.25) is 4.79 Å². The average Bonchev–Trinajstić information content (AvgIpc) is 2.87. The van der Waals surface area contributed by atoms with Crippen molar-refractivity contribution >= 4 is 17.1 Å². The molecule has 1 fully saturated rings. The first-order chi connectivity index (χ1) is 6.83. The van der Waals surface area contributed by atoms with Gasteiger partial charge in [0.25, 0.3) is 0 Å². The second kappa shape index (κ2) is 4.21. The molecule has 0 saturated carbocycles. The fraction of sp³-hybridized carbons (Fsp3) is 0.500. The minimum atomic E-state index is -0.0189. The maximum Gasteiger partial charge on any atom is 0.170 e. The highest BCUT2D eigenvalue weighted by molar-refractivity contribution is 7.08. The van der Waals surface area contributed by atoms with Crippen LogP contribution in [0.15, 0.2) is 16.8 Å². The van der Waals surface area contributed by atoms with Crippen LogP contribution in [0, 0.1) is 5.92 Å². The number of ketones is 1. The first-order valence-corrected chi connectivity index (χ1v) is 5.58. The van der Waals surface area contributed by atoms with E-state index in [0.29, 0.717) is 13.2 Å². The summed E-state index contributed by atoms with van der Waals surface area (Å²) in [6, 6.07) is 2.04. The highest BCUT2D eigenvalue weighted by Gasteiger charge is 2.33. The van der Waals surface area contributed by atoms with Gasteiger partial charge in [0.15, 0.2) is 5.78 Å². The molecule has 0 aromatic carbocycles. The normalized spacial score (nSPS) is 26.6. The van der Waals surface area contributed by atoms with E-state index in [4.69, 9.17) is 4.74 Å². The standard InChI is InChI=1S/C10H13NO2S/c1-11-9-5-13-4-8(9)10(12)7-2-3-14-6-7/h2-3,6,8-9,11H,4-5H2,1H3. The van der Waals surface area contributed by atoms with Gasteiger partial charge in [-0.05, 0) is 18.5 Å². The van der Waals surface area contributed by atoms with Crippen LogP contribution in [0.25, 0.3) is 0 Å². The van der Waals surface area contributed by atoms with E-state index in [9.17, 15) is 4.79 Å². The quantitative estimate of drug-likeness (QED) is 0.763. The molecule has 0 bridgehead atoms. The van der Waals surface area contributed by atoms with Gasteiger partial charge in [0.2, 0.25) is 0 Å². The van der Waals surface area contributed by atoms with Gasteiger partial charge in [-0.1, -0.05) is 0 Å². The Balaban J connectivity index is 2.11. The number of ether oxygens (including phenoxy) is 1. The van der Waals surface area contributed by atoms with Crippen LogP contribution in [0.5, 0.6) is 0 Å². The van der Waals surface area contributed by atoms with Crippen LogP contribution in [0.3, 0.4) is 0 Å². The fourth-order valence-electron chi connectivity index (χ4n) is 1.72. The third kappa shape index (κ3) is 1.73. The van der Waals surface area contributed by atoms with Crippen molar-refractivity contribution in [3.63, 3.8) is 0 Å². The summed E-state index contributed by atoms with van der Waals surface area (Å²) in [7, 11) is 1.87. The molecule has 1 aromatic heterocycles. The van der Waals surface area contributed by atoms with Crippen molar-refractivity contribution in [2.45, 2.75) is 6.04 Å². The number of carbonyl (C=O) groups excluding carboxylic acids is 1. The summed E-state index contributed by atoms with van der Waals surface area (Å²) in [4.78, 5) is 12.0. The summed E-state index contributed by atoms with van der Waals surface area (Å²) in [6.45, 7) is 1.18. The highest BCUT2D eigenvalue weighted by atomic mass is 32.1. The third-order valence-electron chi connectivity index (χ3n) is 2.59. The molecule has 1 aliphatic rings. The van der Waals surface area contributed by atoms with Gasteiger partial charge in [-0.2, -0.15) is 11.3 Å². The van der Waals surface area contributed by atoms with Gasteiger partial charge in [0, 0.05) is 17.0 Å². The molecular weight excluding hydrogens is 198 g/mol. The molecule has 1 aromatic rings. The molecule has 14 heavy (non-hydrogen) atoms. The predicted molar refractivity (Wildman–Crippen MR) is 55.8 cm³/mol. The molecule has 76 valence electrons. The zero-order chi connectivity index (χ0) is 9.97. The molecule has 1 aliphatic heterocycles. The van der Waals surface area contributed by atoms with Crippen LogP contribution in [0.4, 0.5) is 0 Å². The summed E-state index contributed by atoms with van der Waals surface area (Å²) in [6.07, 6.45) is 0. The van der Waals surface area contributed by atoms with Crippen molar-refractivity contribution in [2.75, 3.05) is 20.3 Å². The fourth-order valence-corrected chi connectivity index (χ4v) is 2.36. The zero-order valence-corrected chi connectivity index (χ0v) is 8.84. The number of nitrogens with one attached hydrogen (secondary N) is 1. The van der Waals surface area contributed by atoms with E-state index < -0.39 is 0 Å². The van der Waals surface area contributed by atoms with Crippen molar-refractivity contribution in [1.82, 2.24) is 5.32 Å². The Morgan fingerprint density at radius 3 is 3.14 bits per heavy atom. The van der Waals surface area contributed by atoms with E-state index in [2.05, 4.69) is 5.32 Å². The lowest BCUT2D eigenvalue weighted by Crippen LogP contribution is -2.36. The SMILES string of the molecule is CNC1COCC1C(=O)c1ccsc1. The minimum absolute atomic E-state index is 0.0189. The number of carbonyl (C=O) groups is 1. The lowest BCUT2D eigenvalue weighted by Gasteiger charge is -2.14. The van der Waals surface area contributed by atoms with Crippen LogP contribution in [-0.4, -0.2) is 32.1 Å². The van der Waals surface area contributed by atoms with Gasteiger partial charge in [0.05, 0.1) is 19.1 Å². The number of hydrogen-bond acceptors (Lipinski definition) is 4.